The molecule has 0 bridgehead atoms. The van der Waals surface area contributed by atoms with Gasteiger partial charge in [-0.2, -0.15) is 0 Å². The lowest BCUT2D eigenvalue weighted by atomic mass is 10.2. The molecule has 0 heterocycles. The van der Waals surface area contributed by atoms with Gasteiger partial charge in [0.05, 0.1) is 4.90 Å². The van der Waals surface area contributed by atoms with Crippen molar-refractivity contribution in [2.45, 2.75) is 9.79 Å². The third-order valence-electron chi connectivity index (χ3n) is 3.74. The summed E-state index contributed by atoms with van der Waals surface area (Å²) in [5.41, 5.74) is 7.47. The molecule has 1 amide bonds. The van der Waals surface area contributed by atoms with Gasteiger partial charge >= 0.3 is 0 Å². The molecule has 3 rings (SSSR count). The fraction of sp³-hybridized carbons (Fsp3) is 0. The topological polar surface area (TPSA) is 101 Å². The number of sulfonamides is 1. The second-order valence-corrected chi connectivity index (χ2v) is 7.89. The van der Waals surface area contributed by atoms with Crippen LogP contribution in [-0.4, -0.2) is 14.3 Å². The number of hydrogen-bond donors (Lipinski definition) is 4. The van der Waals surface area contributed by atoms with Crippen LogP contribution < -0.4 is 15.8 Å². The molecule has 138 valence electrons. The molecule has 27 heavy (non-hydrogen) atoms. The highest BCUT2D eigenvalue weighted by Crippen LogP contribution is 2.20. The molecular weight excluding hydrogens is 382 g/mol. The largest absolute Gasteiger partial charge is 0.398 e. The van der Waals surface area contributed by atoms with E-state index in [1.54, 1.807) is 42.5 Å². The standard InChI is InChI=1S/C19H17N3O3S2/c20-17-12-13(6-11-18(17)26)19(23)21-14-7-9-16(10-8-14)27(24,25)22-15-4-2-1-3-5-15/h1-12,22,26H,20H2,(H,21,23). The highest BCUT2D eigenvalue weighted by molar-refractivity contribution is 7.92. The van der Waals surface area contributed by atoms with E-state index in [0.29, 0.717) is 27.5 Å². The first-order chi connectivity index (χ1) is 12.8. The zero-order chi connectivity index (χ0) is 19.4. The van der Waals surface area contributed by atoms with E-state index in [1.165, 1.54) is 30.3 Å². The average molecular weight is 399 g/mol. The quantitative estimate of drug-likeness (QED) is 0.389. The van der Waals surface area contributed by atoms with Gasteiger partial charge in [0.1, 0.15) is 0 Å². The summed E-state index contributed by atoms with van der Waals surface area (Å²) in [6, 6.07) is 19.3. The molecule has 0 atom stereocenters. The van der Waals surface area contributed by atoms with Crippen molar-refractivity contribution in [2.75, 3.05) is 15.8 Å². The lowest BCUT2D eigenvalue weighted by Gasteiger charge is -2.10. The van der Waals surface area contributed by atoms with Crippen LogP contribution in [0.2, 0.25) is 0 Å². The van der Waals surface area contributed by atoms with Gasteiger partial charge in [-0.3, -0.25) is 9.52 Å². The van der Waals surface area contributed by atoms with E-state index in [2.05, 4.69) is 22.7 Å². The summed E-state index contributed by atoms with van der Waals surface area (Å²) in [6.07, 6.45) is 0. The zero-order valence-corrected chi connectivity index (χ0v) is 15.8. The van der Waals surface area contributed by atoms with Crippen LogP contribution in [0, 0.1) is 0 Å². The fourth-order valence-corrected chi connectivity index (χ4v) is 3.53. The van der Waals surface area contributed by atoms with Crippen LogP contribution >= 0.6 is 12.6 Å². The monoisotopic (exact) mass is 399 g/mol. The molecule has 0 unspecified atom stereocenters. The Bertz CT molecular complexity index is 1070. The van der Waals surface area contributed by atoms with Crippen molar-refractivity contribution in [1.82, 2.24) is 0 Å². The number of para-hydroxylation sites is 1. The number of amides is 1. The molecule has 0 aliphatic heterocycles. The average Bonchev–Trinajstić information content (AvgIpc) is 2.65. The summed E-state index contributed by atoms with van der Waals surface area (Å²) in [5, 5.41) is 2.70. The summed E-state index contributed by atoms with van der Waals surface area (Å²) in [6.45, 7) is 0. The fourth-order valence-electron chi connectivity index (χ4n) is 2.34. The molecular formula is C19H17N3O3S2. The molecule has 4 N–H and O–H groups in total. The third-order valence-corrected chi connectivity index (χ3v) is 5.54. The maximum Gasteiger partial charge on any atom is 0.261 e. The molecule has 0 aliphatic carbocycles. The summed E-state index contributed by atoms with van der Waals surface area (Å²) in [7, 11) is -3.71. The second-order valence-electron chi connectivity index (χ2n) is 5.72. The number of nitrogen functional groups attached to an aromatic ring is 1. The predicted molar refractivity (Wildman–Crippen MR) is 110 cm³/mol. The molecule has 0 aromatic heterocycles. The number of thiol groups is 1. The Kier molecular flexibility index (Phi) is 5.38. The van der Waals surface area contributed by atoms with E-state index in [-0.39, 0.29) is 10.8 Å². The Hall–Kier alpha value is -2.97. The number of nitrogens with one attached hydrogen (secondary N) is 2. The van der Waals surface area contributed by atoms with Crippen molar-refractivity contribution in [2.24, 2.45) is 0 Å². The Morgan fingerprint density at radius 3 is 2.19 bits per heavy atom. The molecule has 3 aromatic carbocycles. The van der Waals surface area contributed by atoms with Crippen molar-refractivity contribution in [3.05, 3.63) is 78.4 Å². The van der Waals surface area contributed by atoms with Gasteiger partial charge in [-0.05, 0) is 54.6 Å². The lowest BCUT2D eigenvalue weighted by Crippen LogP contribution is -2.14. The maximum atomic E-state index is 12.4. The minimum atomic E-state index is -3.71. The summed E-state index contributed by atoms with van der Waals surface area (Å²) < 4.78 is 27.3. The molecule has 0 saturated heterocycles. The Morgan fingerprint density at radius 1 is 0.889 bits per heavy atom. The Morgan fingerprint density at radius 2 is 1.56 bits per heavy atom. The SMILES string of the molecule is Nc1cc(C(=O)Nc2ccc(S(=O)(=O)Nc3ccccc3)cc2)ccc1S. The smallest absolute Gasteiger partial charge is 0.261 e. The number of carbonyl (C=O) groups excluding carboxylic acids is 1. The number of anilines is 3. The normalized spacial score (nSPS) is 11.0. The van der Waals surface area contributed by atoms with Gasteiger partial charge in [0.15, 0.2) is 0 Å². The van der Waals surface area contributed by atoms with E-state index < -0.39 is 10.0 Å². The van der Waals surface area contributed by atoms with Crippen molar-refractivity contribution >= 4 is 45.6 Å². The van der Waals surface area contributed by atoms with Crippen LogP contribution in [0.25, 0.3) is 0 Å². The highest BCUT2D eigenvalue weighted by Gasteiger charge is 2.14. The van der Waals surface area contributed by atoms with Crippen LogP contribution in [0.5, 0.6) is 0 Å². The number of nitrogens with two attached hydrogens (primary N) is 1. The molecule has 0 radical (unpaired) electrons. The number of rotatable bonds is 5. The van der Waals surface area contributed by atoms with Gasteiger partial charge in [-0.15, -0.1) is 12.6 Å². The first-order valence-corrected chi connectivity index (χ1v) is 9.86. The van der Waals surface area contributed by atoms with Crippen molar-refractivity contribution < 1.29 is 13.2 Å². The third kappa shape index (κ3) is 4.60. The molecule has 0 saturated carbocycles. The van der Waals surface area contributed by atoms with Crippen molar-refractivity contribution in [3.63, 3.8) is 0 Å². The van der Waals surface area contributed by atoms with Crippen LogP contribution in [0.15, 0.2) is 82.6 Å². The van der Waals surface area contributed by atoms with Gasteiger partial charge in [-0.25, -0.2) is 8.42 Å². The van der Waals surface area contributed by atoms with E-state index in [0.717, 1.165) is 0 Å². The number of hydrogen-bond acceptors (Lipinski definition) is 5. The van der Waals surface area contributed by atoms with Gasteiger partial charge in [0.2, 0.25) is 0 Å². The zero-order valence-electron chi connectivity index (χ0n) is 14.1. The van der Waals surface area contributed by atoms with E-state index in [9.17, 15) is 13.2 Å². The van der Waals surface area contributed by atoms with E-state index >= 15 is 0 Å². The maximum absolute atomic E-state index is 12.4. The summed E-state index contributed by atoms with van der Waals surface area (Å²) in [4.78, 5) is 13.0. The van der Waals surface area contributed by atoms with Crippen LogP contribution in [0.3, 0.4) is 0 Å². The van der Waals surface area contributed by atoms with Gasteiger partial charge in [0, 0.05) is 27.5 Å². The Labute approximate surface area is 162 Å². The number of carbonyl (C=O) groups is 1. The highest BCUT2D eigenvalue weighted by atomic mass is 32.2. The van der Waals surface area contributed by atoms with Gasteiger partial charge in [0.25, 0.3) is 15.9 Å². The summed E-state index contributed by atoms with van der Waals surface area (Å²) >= 11 is 4.17. The molecule has 6 nitrogen and oxygen atoms in total. The predicted octanol–water partition coefficient (Wildman–Crippen LogP) is 3.61. The second kappa shape index (κ2) is 7.73. The van der Waals surface area contributed by atoms with Crippen molar-refractivity contribution in [3.8, 4) is 0 Å². The van der Waals surface area contributed by atoms with E-state index in [4.69, 9.17) is 5.73 Å². The van der Waals surface area contributed by atoms with E-state index in [1.807, 2.05) is 0 Å². The first-order valence-electron chi connectivity index (χ1n) is 7.93. The van der Waals surface area contributed by atoms with Crippen molar-refractivity contribution in [1.29, 1.82) is 0 Å². The van der Waals surface area contributed by atoms with Crippen LogP contribution in [0.4, 0.5) is 17.1 Å². The minimum Gasteiger partial charge on any atom is -0.398 e. The molecule has 0 aliphatic rings. The lowest BCUT2D eigenvalue weighted by molar-refractivity contribution is 0.102. The number of benzene rings is 3. The first kappa shape index (κ1) is 18.8. The van der Waals surface area contributed by atoms with Gasteiger partial charge < -0.3 is 11.1 Å². The van der Waals surface area contributed by atoms with Crippen LogP contribution in [0.1, 0.15) is 10.4 Å². The molecule has 0 spiro atoms. The molecule has 0 fully saturated rings. The summed E-state index contributed by atoms with van der Waals surface area (Å²) in [5.74, 6) is -0.354. The minimum absolute atomic E-state index is 0.0908. The molecule has 3 aromatic rings. The molecule has 8 heteroatoms. The van der Waals surface area contributed by atoms with Gasteiger partial charge in [-0.1, -0.05) is 18.2 Å². The Balaban J connectivity index is 1.73. The van der Waals surface area contributed by atoms with Crippen LogP contribution in [-0.2, 0) is 10.0 Å².